The van der Waals surface area contributed by atoms with Crippen LogP contribution in [0.1, 0.15) is 5.56 Å². The summed E-state index contributed by atoms with van der Waals surface area (Å²) in [6, 6.07) is 3.49. The second-order valence-electron chi connectivity index (χ2n) is 3.16. The van der Waals surface area contributed by atoms with E-state index >= 15 is 0 Å². The molecule has 5 heteroatoms. The lowest BCUT2D eigenvalue weighted by Crippen LogP contribution is -2.02. The van der Waals surface area contributed by atoms with Crippen molar-refractivity contribution < 1.29 is 4.74 Å². The Morgan fingerprint density at radius 2 is 1.94 bits per heavy atom. The lowest BCUT2D eigenvalue weighted by molar-refractivity contribution is 0.309. The Bertz CT molecular complexity index is 433. The van der Waals surface area contributed by atoms with E-state index in [1.54, 1.807) is 30.7 Å². The molecule has 4 nitrogen and oxygen atoms in total. The standard InChI is InChI=1S/C11H10ClN3O/c12-10-1-2-11(15-7-10)16-4-3-9-5-13-8-14-6-9/h1-2,5-8H,3-4H2. The molecular weight excluding hydrogens is 226 g/mol. The summed E-state index contributed by atoms with van der Waals surface area (Å²) in [5.74, 6) is 0.571. The van der Waals surface area contributed by atoms with E-state index in [0.29, 0.717) is 17.5 Å². The van der Waals surface area contributed by atoms with Gasteiger partial charge in [0.15, 0.2) is 0 Å². The van der Waals surface area contributed by atoms with Crippen LogP contribution in [0.15, 0.2) is 37.1 Å². The van der Waals surface area contributed by atoms with Crippen LogP contribution in [0.3, 0.4) is 0 Å². The maximum Gasteiger partial charge on any atom is 0.213 e. The van der Waals surface area contributed by atoms with Crippen molar-refractivity contribution in [2.75, 3.05) is 6.61 Å². The molecule has 0 saturated heterocycles. The zero-order valence-corrected chi connectivity index (χ0v) is 9.26. The summed E-state index contributed by atoms with van der Waals surface area (Å²) in [6.45, 7) is 0.544. The second-order valence-corrected chi connectivity index (χ2v) is 3.60. The highest BCUT2D eigenvalue weighted by atomic mass is 35.5. The number of halogens is 1. The molecule has 0 aliphatic rings. The van der Waals surface area contributed by atoms with Crippen LogP contribution in [-0.4, -0.2) is 21.6 Å². The van der Waals surface area contributed by atoms with E-state index in [9.17, 15) is 0 Å². The smallest absolute Gasteiger partial charge is 0.213 e. The van der Waals surface area contributed by atoms with Crippen molar-refractivity contribution >= 4 is 11.6 Å². The van der Waals surface area contributed by atoms with E-state index in [-0.39, 0.29) is 0 Å². The fourth-order valence-electron chi connectivity index (χ4n) is 1.18. The number of ether oxygens (including phenoxy) is 1. The molecule has 0 aliphatic heterocycles. The van der Waals surface area contributed by atoms with Crippen LogP contribution < -0.4 is 4.74 Å². The molecule has 2 rings (SSSR count). The Morgan fingerprint density at radius 1 is 1.12 bits per heavy atom. The number of pyridine rings is 1. The van der Waals surface area contributed by atoms with E-state index < -0.39 is 0 Å². The van der Waals surface area contributed by atoms with Gasteiger partial charge in [0.25, 0.3) is 0 Å². The molecule has 0 radical (unpaired) electrons. The lowest BCUT2D eigenvalue weighted by atomic mass is 10.3. The number of hydrogen-bond donors (Lipinski definition) is 0. The minimum atomic E-state index is 0.544. The molecule has 82 valence electrons. The Hall–Kier alpha value is -1.68. The number of aromatic nitrogens is 3. The average molecular weight is 236 g/mol. The van der Waals surface area contributed by atoms with Gasteiger partial charge in [-0.1, -0.05) is 11.6 Å². The largest absolute Gasteiger partial charge is 0.477 e. The first-order valence-electron chi connectivity index (χ1n) is 4.83. The number of hydrogen-bond acceptors (Lipinski definition) is 4. The highest BCUT2D eigenvalue weighted by Gasteiger charge is 1.97. The molecule has 2 aromatic heterocycles. The monoisotopic (exact) mass is 235 g/mol. The average Bonchev–Trinajstić information content (AvgIpc) is 2.33. The third-order valence-electron chi connectivity index (χ3n) is 1.95. The molecule has 0 saturated carbocycles. The van der Waals surface area contributed by atoms with Crippen molar-refractivity contribution in [2.45, 2.75) is 6.42 Å². The van der Waals surface area contributed by atoms with Crippen molar-refractivity contribution in [3.63, 3.8) is 0 Å². The van der Waals surface area contributed by atoms with Crippen LogP contribution in [0.2, 0.25) is 5.02 Å². The zero-order valence-electron chi connectivity index (χ0n) is 8.51. The molecule has 0 atom stereocenters. The van der Waals surface area contributed by atoms with Crippen molar-refractivity contribution in [2.24, 2.45) is 0 Å². The van der Waals surface area contributed by atoms with Crippen molar-refractivity contribution in [1.29, 1.82) is 0 Å². The third-order valence-corrected chi connectivity index (χ3v) is 2.18. The van der Waals surface area contributed by atoms with Gasteiger partial charge in [-0.2, -0.15) is 0 Å². The predicted molar refractivity (Wildman–Crippen MR) is 60.5 cm³/mol. The molecule has 16 heavy (non-hydrogen) atoms. The summed E-state index contributed by atoms with van der Waals surface area (Å²) in [5.41, 5.74) is 1.04. The van der Waals surface area contributed by atoms with Crippen molar-refractivity contribution in [1.82, 2.24) is 15.0 Å². The Labute approximate surface area is 98.3 Å². The molecule has 0 spiro atoms. The fourth-order valence-corrected chi connectivity index (χ4v) is 1.29. The summed E-state index contributed by atoms with van der Waals surface area (Å²) in [5, 5.41) is 0.601. The molecule has 0 aliphatic carbocycles. The van der Waals surface area contributed by atoms with E-state index in [4.69, 9.17) is 16.3 Å². The topological polar surface area (TPSA) is 47.9 Å². The Kier molecular flexibility index (Phi) is 3.66. The minimum absolute atomic E-state index is 0.544. The van der Waals surface area contributed by atoms with Crippen LogP contribution in [-0.2, 0) is 6.42 Å². The highest BCUT2D eigenvalue weighted by Crippen LogP contribution is 2.11. The number of rotatable bonds is 4. The molecule has 0 fully saturated rings. The van der Waals surface area contributed by atoms with E-state index in [0.717, 1.165) is 12.0 Å². The Balaban J connectivity index is 1.82. The fraction of sp³-hybridized carbons (Fsp3) is 0.182. The van der Waals surface area contributed by atoms with Gasteiger partial charge in [0.05, 0.1) is 11.6 Å². The van der Waals surface area contributed by atoms with Crippen LogP contribution in [0.5, 0.6) is 5.88 Å². The van der Waals surface area contributed by atoms with Gasteiger partial charge < -0.3 is 4.74 Å². The summed E-state index contributed by atoms with van der Waals surface area (Å²) < 4.78 is 5.44. The van der Waals surface area contributed by atoms with E-state index in [1.807, 2.05) is 0 Å². The molecule has 0 N–H and O–H groups in total. The quantitative estimate of drug-likeness (QED) is 0.815. The van der Waals surface area contributed by atoms with Gasteiger partial charge in [-0.05, 0) is 11.6 Å². The van der Waals surface area contributed by atoms with Crippen molar-refractivity contribution in [3.05, 3.63) is 47.6 Å². The first-order chi connectivity index (χ1) is 7.84. The van der Waals surface area contributed by atoms with Gasteiger partial charge in [0.2, 0.25) is 5.88 Å². The summed E-state index contributed by atoms with van der Waals surface area (Å²) in [4.78, 5) is 11.9. The van der Waals surface area contributed by atoms with Gasteiger partial charge in [-0.25, -0.2) is 15.0 Å². The second kappa shape index (κ2) is 5.42. The van der Waals surface area contributed by atoms with Crippen LogP contribution in [0.4, 0.5) is 0 Å². The lowest BCUT2D eigenvalue weighted by Gasteiger charge is -2.04. The molecule has 0 aromatic carbocycles. The predicted octanol–water partition coefficient (Wildman–Crippen LogP) is 2.15. The van der Waals surface area contributed by atoms with Gasteiger partial charge in [-0.15, -0.1) is 0 Å². The van der Waals surface area contributed by atoms with Gasteiger partial charge >= 0.3 is 0 Å². The Morgan fingerprint density at radius 3 is 2.62 bits per heavy atom. The van der Waals surface area contributed by atoms with Crippen LogP contribution >= 0.6 is 11.6 Å². The normalized spacial score (nSPS) is 10.1. The van der Waals surface area contributed by atoms with Crippen LogP contribution in [0, 0.1) is 0 Å². The van der Waals surface area contributed by atoms with Gasteiger partial charge in [0, 0.05) is 31.1 Å². The summed E-state index contributed by atoms with van der Waals surface area (Å²) >= 11 is 5.71. The molecule has 2 aromatic rings. The van der Waals surface area contributed by atoms with Crippen LogP contribution in [0.25, 0.3) is 0 Å². The van der Waals surface area contributed by atoms with Gasteiger partial charge in [0.1, 0.15) is 6.33 Å². The molecular formula is C11H10ClN3O. The molecule has 0 unspecified atom stereocenters. The third kappa shape index (κ3) is 3.17. The maximum atomic E-state index is 5.71. The maximum absolute atomic E-state index is 5.71. The minimum Gasteiger partial charge on any atom is -0.477 e. The van der Waals surface area contributed by atoms with E-state index in [2.05, 4.69) is 15.0 Å². The summed E-state index contributed by atoms with van der Waals surface area (Å²) in [6.07, 6.45) is 7.36. The first-order valence-corrected chi connectivity index (χ1v) is 5.20. The van der Waals surface area contributed by atoms with E-state index in [1.165, 1.54) is 6.33 Å². The molecule has 0 bridgehead atoms. The number of nitrogens with zero attached hydrogens (tertiary/aromatic N) is 3. The first kappa shape index (κ1) is 10.8. The SMILES string of the molecule is Clc1ccc(OCCc2cncnc2)nc1. The highest BCUT2D eigenvalue weighted by molar-refractivity contribution is 6.30. The van der Waals surface area contributed by atoms with Gasteiger partial charge in [-0.3, -0.25) is 0 Å². The molecule has 2 heterocycles. The molecule has 0 amide bonds. The van der Waals surface area contributed by atoms with Crippen molar-refractivity contribution in [3.8, 4) is 5.88 Å². The zero-order chi connectivity index (χ0) is 11.2. The summed E-state index contributed by atoms with van der Waals surface area (Å²) in [7, 11) is 0.